The van der Waals surface area contributed by atoms with E-state index in [-0.39, 0.29) is 22.7 Å². The largest absolute Gasteiger partial charge is 0.506 e. The van der Waals surface area contributed by atoms with Gasteiger partial charge >= 0.3 is 0 Å². The van der Waals surface area contributed by atoms with Crippen LogP contribution in [0.3, 0.4) is 0 Å². The zero-order chi connectivity index (χ0) is 17.3. The number of benzene rings is 1. The summed E-state index contributed by atoms with van der Waals surface area (Å²) in [5.74, 6) is -1.44. The highest BCUT2D eigenvalue weighted by atomic mass is 19.1. The Hall–Kier alpha value is -2.77. The second kappa shape index (κ2) is 6.38. The van der Waals surface area contributed by atoms with Crippen molar-refractivity contribution in [3.63, 3.8) is 0 Å². The standard InChI is InChI=1S/C16H16F2N4O2/c17-9-5-8(6-9)7-20-13-4-3-12(21-22-13)14-11(18)2-1-10(15(14)23)16(19)24/h1-4,8-9,23H,5-7H2,(H2,19,24)(H,20,22). The van der Waals surface area contributed by atoms with Gasteiger partial charge in [-0.3, -0.25) is 4.79 Å². The van der Waals surface area contributed by atoms with Gasteiger partial charge in [0, 0.05) is 6.54 Å². The average molecular weight is 334 g/mol. The topological polar surface area (TPSA) is 101 Å². The van der Waals surface area contributed by atoms with E-state index in [0.717, 1.165) is 12.1 Å². The first-order valence-corrected chi connectivity index (χ1v) is 7.49. The Labute approximate surface area is 136 Å². The lowest BCUT2D eigenvalue weighted by Crippen LogP contribution is -2.30. The minimum absolute atomic E-state index is 0.0751. The zero-order valence-electron chi connectivity index (χ0n) is 12.7. The maximum Gasteiger partial charge on any atom is 0.252 e. The zero-order valence-corrected chi connectivity index (χ0v) is 12.7. The van der Waals surface area contributed by atoms with Crippen LogP contribution in [0.5, 0.6) is 5.75 Å². The molecular formula is C16H16F2N4O2. The number of anilines is 1. The predicted octanol–water partition coefficient (Wildman–Crippen LogP) is 2.25. The van der Waals surface area contributed by atoms with Gasteiger partial charge in [-0.05, 0) is 43.0 Å². The molecule has 1 aromatic carbocycles. The Balaban J connectivity index is 1.78. The number of phenols is 1. The fourth-order valence-electron chi connectivity index (χ4n) is 2.64. The molecular weight excluding hydrogens is 318 g/mol. The molecule has 1 aliphatic rings. The Bertz CT molecular complexity index is 761. The maximum atomic E-state index is 14.0. The normalized spacial score (nSPS) is 19.6. The van der Waals surface area contributed by atoms with Crippen LogP contribution in [0.2, 0.25) is 0 Å². The van der Waals surface area contributed by atoms with Gasteiger partial charge in [-0.25, -0.2) is 8.78 Å². The lowest BCUT2D eigenvalue weighted by molar-refractivity contribution is 0.0997. The fraction of sp³-hybridized carbons (Fsp3) is 0.312. The molecule has 1 saturated carbocycles. The van der Waals surface area contributed by atoms with Crippen molar-refractivity contribution in [2.75, 3.05) is 11.9 Å². The molecule has 1 amide bonds. The van der Waals surface area contributed by atoms with Crippen LogP contribution >= 0.6 is 0 Å². The van der Waals surface area contributed by atoms with E-state index in [9.17, 15) is 18.7 Å². The Morgan fingerprint density at radius 3 is 2.62 bits per heavy atom. The van der Waals surface area contributed by atoms with E-state index in [1.807, 2.05) is 0 Å². The van der Waals surface area contributed by atoms with Crippen LogP contribution in [-0.2, 0) is 0 Å². The van der Waals surface area contributed by atoms with E-state index >= 15 is 0 Å². The number of rotatable bonds is 5. The first kappa shape index (κ1) is 16.1. The van der Waals surface area contributed by atoms with Crippen molar-refractivity contribution < 1.29 is 18.7 Å². The monoisotopic (exact) mass is 334 g/mol. The van der Waals surface area contributed by atoms with E-state index in [0.29, 0.717) is 25.2 Å². The fourth-order valence-corrected chi connectivity index (χ4v) is 2.64. The smallest absolute Gasteiger partial charge is 0.252 e. The molecule has 8 heteroatoms. The summed E-state index contributed by atoms with van der Waals surface area (Å²) in [6, 6.07) is 5.18. The van der Waals surface area contributed by atoms with Crippen molar-refractivity contribution in [2.24, 2.45) is 11.7 Å². The van der Waals surface area contributed by atoms with Gasteiger partial charge in [0.05, 0.1) is 16.8 Å². The Kier molecular flexibility index (Phi) is 4.28. The highest BCUT2D eigenvalue weighted by Crippen LogP contribution is 2.34. The number of alkyl halides is 1. The summed E-state index contributed by atoms with van der Waals surface area (Å²) >= 11 is 0. The third kappa shape index (κ3) is 3.12. The van der Waals surface area contributed by atoms with E-state index in [1.165, 1.54) is 6.07 Å². The number of amides is 1. The molecule has 1 aromatic heterocycles. The highest BCUT2D eigenvalue weighted by Gasteiger charge is 2.28. The quantitative estimate of drug-likeness (QED) is 0.778. The molecule has 126 valence electrons. The first-order valence-electron chi connectivity index (χ1n) is 7.49. The van der Waals surface area contributed by atoms with Crippen LogP contribution in [0.15, 0.2) is 24.3 Å². The van der Waals surface area contributed by atoms with Crippen LogP contribution in [-0.4, -0.2) is 33.9 Å². The molecule has 0 bridgehead atoms. The molecule has 0 unspecified atom stereocenters. The number of nitrogens with one attached hydrogen (secondary N) is 1. The molecule has 0 spiro atoms. The summed E-state index contributed by atoms with van der Waals surface area (Å²) in [6.07, 6.45) is 0.364. The summed E-state index contributed by atoms with van der Waals surface area (Å²) in [6.45, 7) is 0.589. The molecule has 0 saturated heterocycles. The van der Waals surface area contributed by atoms with Gasteiger partial charge in [0.15, 0.2) is 0 Å². The van der Waals surface area contributed by atoms with Gasteiger partial charge in [0.1, 0.15) is 23.6 Å². The van der Waals surface area contributed by atoms with Crippen molar-refractivity contribution in [3.05, 3.63) is 35.6 Å². The van der Waals surface area contributed by atoms with E-state index in [1.54, 1.807) is 6.07 Å². The van der Waals surface area contributed by atoms with Crippen molar-refractivity contribution in [2.45, 2.75) is 19.0 Å². The van der Waals surface area contributed by atoms with Crippen molar-refractivity contribution in [1.82, 2.24) is 10.2 Å². The number of aromatic hydroxyl groups is 1. The molecule has 0 radical (unpaired) electrons. The minimum atomic E-state index is -0.869. The molecule has 0 atom stereocenters. The lowest BCUT2D eigenvalue weighted by atomic mass is 9.83. The molecule has 4 N–H and O–H groups in total. The SMILES string of the molecule is NC(=O)c1ccc(F)c(-c2ccc(NCC3CC(F)C3)nn2)c1O. The van der Waals surface area contributed by atoms with Gasteiger partial charge in [-0.1, -0.05) is 0 Å². The third-order valence-corrected chi connectivity index (χ3v) is 4.06. The van der Waals surface area contributed by atoms with E-state index in [2.05, 4.69) is 15.5 Å². The second-order valence-corrected chi connectivity index (χ2v) is 5.80. The van der Waals surface area contributed by atoms with Gasteiger partial charge < -0.3 is 16.2 Å². The summed E-state index contributed by atoms with van der Waals surface area (Å²) < 4.78 is 26.7. The first-order chi connectivity index (χ1) is 11.5. The third-order valence-electron chi connectivity index (χ3n) is 4.06. The van der Waals surface area contributed by atoms with Crippen LogP contribution < -0.4 is 11.1 Å². The summed E-state index contributed by atoms with van der Waals surface area (Å²) in [7, 11) is 0. The number of hydrogen-bond acceptors (Lipinski definition) is 5. The number of halogens is 2. The van der Waals surface area contributed by atoms with Crippen molar-refractivity contribution >= 4 is 11.7 Å². The van der Waals surface area contributed by atoms with Crippen LogP contribution in [0, 0.1) is 11.7 Å². The number of nitrogens with zero attached hydrogens (tertiary/aromatic N) is 2. The highest BCUT2D eigenvalue weighted by molar-refractivity contribution is 5.98. The van der Waals surface area contributed by atoms with E-state index in [4.69, 9.17) is 5.73 Å². The maximum absolute atomic E-state index is 14.0. The van der Waals surface area contributed by atoms with Gasteiger partial charge in [-0.15, -0.1) is 10.2 Å². The minimum Gasteiger partial charge on any atom is -0.506 e. The molecule has 1 fully saturated rings. The Morgan fingerprint density at radius 2 is 2.04 bits per heavy atom. The molecule has 2 aromatic rings. The van der Waals surface area contributed by atoms with E-state index < -0.39 is 23.6 Å². The van der Waals surface area contributed by atoms with Gasteiger partial charge in [0.25, 0.3) is 5.91 Å². The lowest BCUT2D eigenvalue weighted by Gasteiger charge is -2.29. The summed E-state index contributed by atoms with van der Waals surface area (Å²) in [4.78, 5) is 11.2. The molecule has 6 nitrogen and oxygen atoms in total. The molecule has 0 aliphatic heterocycles. The number of nitrogens with two attached hydrogens (primary N) is 1. The average Bonchev–Trinajstić information content (AvgIpc) is 2.51. The molecule has 1 heterocycles. The van der Waals surface area contributed by atoms with Crippen LogP contribution in [0.1, 0.15) is 23.2 Å². The van der Waals surface area contributed by atoms with Gasteiger partial charge in [0.2, 0.25) is 0 Å². The number of hydrogen-bond donors (Lipinski definition) is 3. The molecule has 3 rings (SSSR count). The van der Waals surface area contributed by atoms with Crippen molar-refractivity contribution in [3.8, 4) is 17.0 Å². The predicted molar refractivity (Wildman–Crippen MR) is 83.7 cm³/mol. The summed E-state index contributed by atoms with van der Waals surface area (Å²) in [5, 5.41) is 20.9. The number of primary amides is 1. The number of carbonyl (C=O) groups is 1. The molecule has 1 aliphatic carbocycles. The number of aromatic nitrogens is 2. The van der Waals surface area contributed by atoms with Crippen LogP contribution in [0.25, 0.3) is 11.3 Å². The Morgan fingerprint density at radius 1 is 1.29 bits per heavy atom. The second-order valence-electron chi connectivity index (χ2n) is 5.80. The summed E-state index contributed by atoms with van der Waals surface area (Å²) in [5.41, 5.74) is 4.79. The number of carbonyl (C=O) groups excluding carboxylic acids is 1. The van der Waals surface area contributed by atoms with Crippen LogP contribution in [0.4, 0.5) is 14.6 Å². The molecule has 24 heavy (non-hydrogen) atoms. The van der Waals surface area contributed by atoms with Crippen molar-refractivity contribution in [1.29, 1.82) is 0 Å². The van der Waals surface area contributed by atoms with Gasteiger partial charge in [-0.2, -0.15) is 0 Å².